The lowest BCUT2D eigenvalue weighted by Crippen LogP contribution is -2.00. The first-order chi connectivity index (χ1) is 9.52. The third-order valence-corrected chi connectivity index (χ3v) is 3.26. The number of aryl methyl sites for hydroxylation is 1. The van der Waals surface area contributed by atoms with E-state index in [-0.39, 0.29) is 5.56 Å². The van der Waals surface area contributed by atoms with Gasteiger partial charge in [-0.25, -0.2) is 4.79 Å². The smallest absolute Gasteiger partial charge is 0.336 e. The average Bonchev–Trinajstić information content (AvgIpc) is 2.40. The van der Waals surface area contributed by atoms with Crippen LogP contribution in [0.1, 0.15) is 22.8 Å². The molecule has 0 aromatic heterocycles. The van der Waals surface area contributed by atoms with E-state index in [0.717, 1.165) is 5.56 Å². The fourth-order valence-corrected chi connectivity index (χ4v) is 2.31. The summed E-state index contributed by atoms with van der Waals surface area (Å²) in [6, 6.07) is 10.6. The van der Waals surface area contributed by atoms with E-state index >= 15 is 0 Å². The first-order valence-corrected chi connectivity index (χ1v) is 6.67. The van der Waals surface area contributed by atoms with E-state index in [0.29, 0.717) is 28.5 Å². The van der Waals surface area contributed by atoms with Crippen molar-refractivity contribution in [1.82, 2.24) is 0 Å². The van der Waals surface area contributed by atoms with Crippen molar-refractivity contribution in [1.29, 1.82) is 0 Å². The van der Waals surface area contributed by atoms with Crippen LogP contribution in [0.2, 0.25) is 5.02 Å². The topological polar surface area (TPSA) is 46.5 Å². The quantitative estimate of drug-likeness (QED) is 0.907. The Hall–Kier alpha value is -2.00. The molecule has 4 heteroatoms. The molecule has 104 valence electrons. The first kappa shape index (κ1) is 14.4. The Bertz CT molecular complexity index is 650. The van der Waals surface area contributed by atoms with Gasteiger partial charge in [0.2, 0.25) is 0 Å². The minimum Gasteiger partial charge on any atom is -0.494 e. The molecule has 0 saturated carbocycles. The Labute approximate surface area is 122 Å². The van der Waals surface area contributed by atoms with Gasteiger partial charge in [0.1, 0.15) is 5.75 Å². The molecule has 2 rings (SSSR count). The Morgan fingerprint density at radius 3 is 2.50 bits per heavy atom. The van der Waals surface area contributed by atoms with E-state index in [1.54, 1.807) is 30.3 Å². The molecule has 0 atom stereocenters. The summed E-state index contributed by atoms with van der Waals surface area (Å²) in [4.78, 5) is 11.4. The minimum absolute atomic E-state index is 0.246. The van der Waals surface area contributed by atoms with Gasteiger partial charge in [0, 0.05) is 5.56 Å². The molecule has 0 unspecified atom stereocenters. The zero-order valence-corrected chi connectivity index (χ0v) is 12.1. The number of ether oxygens (including phenoxy) is 1. The highest BCUT2D eigenvalue weighted by Crippen LogP contribution is 2.33. The van der Waals surface area contributed by atoms with Crippen molar-refractivity contribution in [2.24, 2.45) is 0 Å². The standard InChI is InChI=1S/C16H15ClO3/c1-3-20-11-5-7-13(15(17)9-11)12-6-4-10(2)8-14(12)16(18)19/h4-9H,3H2,1-2H3,(H,18,19). The summed E-state index contributed by atoms with van der Waals surface area (Å²) >= 11 is 6.24. The predicted octanol–water partition coefficient (Wildman–Crippen LogP) is 4.41. The third kappa shape index (κ3) is 2.94. The predicted molar refractivity (Wildman–Crippen MR) is 79.8 cm³/mol. The highest BCUT2D eigenvalue weighted by molar-refractivity contribution is 6.33. The molecule has 0 aliphatic rings. The SMILES string of the molecule is CCOc1ccc(-c2ccc(C)cc2C(=O)O)c(Cl)c1. The Balaban J connectivity index is 2.54. The van der Waals surface area contributed by atoms with Crippen molar-refractivity contribution in [3.05, 3.63) is 52.5 Å². The van der Waals surface area contributed by atoms with Gasteiger partial charge in [-0.1, -0.05) is 29.3 Å². The maximum absolute atomic E-state index is 11.4. The van der Waals surface area contributed by atoms with Gasteiger partial charge in [-0.15, -0.1) is 0 Å². The second kappa shape index (κ2) is 5.97. The van der Waals surface area contributed by atoms with E-state index in [2.05, 4.69) is 0 Å². The van der Waals surface area contributed by atoms with Crippen molar-refractivity contribution in [2.45, 2.75) is 13.8 Å². The number of aromatic carboxylic acids is 1. The van der Waals surface area contributed by atoms with E-state index in [1.165, 1.54) is 0 Å². The highest BCUT2D eigenvalue weighted by atomic mass is 35.5. The van der Waals surface area contributed by atoms with Crippen molar-refractivity contribution in [3.8, 4) is 16.9 Å². The maximum Gasteiger partial charge on any atom is 0.336 e. The molecule has 0 heterocycles. The van der Waals surface area contributed by atoms with E-state index in [9.17, 15) is 9.90 Å². The normalized spacial score (nSPS) is 10.3. The lowest BCUT2D eigenvalue weighted by molar-refractivity contribution is 0.0697. The summed E-state index contributed by atoms with van der Waals surface area (Å²) in [6.07, 6.45) is 0. The molecule has 20 heavy (non-hydrogen) atoms. The van der Waals surface area contributed by atoms with Crippen molar-refractivity contribution in [2.75, 3.05) is 6.61 Å². The van der Waals surface area contributed by atoms with Crippen LogP contribution in [0.25, 0.3) is 11.1 Å². The molecule has 0 spiro atoms. The van der Waals surface area contributed by atoms with E-state index in [1.807, 2.05) is 19.9 Å². The Morgan fingerprint density at radius 2 is 1.90 bits per heavy atom. The van der Waals surface area contributed by atoms with Crippen LogP contribution < -0.4 is 4.74 Å². The van der Waals surface area contributed by atoms with Crippen LogP contribution in [-0.4, -0.2) is 17.7 Å². The van der Waals surface area contributed by atoms with Crippen LogP contribution in [0, 0.1) is 6.92 Å². The maximum atomic E-state index is 11.4. The largest absolute Gasteiger partial charge is 0.494 e. The molecule has 0 radical (unpaired) electrons. The second-order valence-corrected chi connectivity index (χ2v) is 4.84. The fraction of sp³-hybridized carbons (Fsp3) is 0.188. The molecular formula is C16H15ClO3. The van der Waals surface area contributed by atoms with Gasteiger partial charge in [-0.05, 0) is 43.7 Å². The van der Waals surface area contributed by atoms with Crippen LogP contribution >= 0.6 is 11.6 Å². The van der Waals surface area contributed by atoms with Gasteiger partial charge in [-0.3, -0.25) is 0 Å². The van der Waals surface area contributed by atoms with Gasteiger partial charge >= 0.3 is 5.97 Å². The first-order valence-electron chi connectivity index (χ1n) is 6.29. The molecule has 0 aliphatic carbocycles. The Kier molecular flexibility index (Phi) is 4.30. The number of carboxylic acid groups (broad SMARTS) is 1. The molecule has 2 aromatic rings. The lowest BCUT2D eigenvalue weighted by atomic mass is 9.97. The summed E-state index contributed by atoms with van der Waals surface area (Å²) in [6.45, 7) is 4.31. The molecule has 1 N–H and O–H groups in total. The molecular weight excluding hydrogens is 276 g/mol. The lowest BCUT2D eigenvalue weighted by Gasteiger charge is -2.11. The number of hydrogen-bond acceptors (Lipinski definition) is 2. The third-order valence-electron chi connectivity index (χ3n) is 2.95. The highest BCUT2D eigenvalue weighted by Gasteiger charge is 2.14. The summed E-state index contributed by atoms with van der Waals surface area (Å²) in [5.41, 5.74) is 2.44. The molecule has 0 bridgehead atoms. The van der Waals surface area contributed by atoms with E-state index < -0.39 is 5.97 Å². The number of benzene rings is 2. The van der Waals surface area contributed by atoms with Crippen LogP contribution in [0.5, 0.6) is 5.75 Å². The molecule has 0 aliphatic heterocycles. The van der Waals surface area contributed by atoms with Crippen molar-refractivity contribution < 1.29 is 14.6 Å². The molecule has 2 aromatic carbocycles. The summed E-state index contributed by atoms with van der Waals surface area (Å²) in [7, 11) is 0. The van der Waals surface area contributed by atoms with Gasteiger partial charge in [0.25, 0.3) is 0 Å². The molecule has 0 saturated heterocycles. The van der Waals surface area contributed by atoms with Crippen molar-refractivity contribution >= 4 is 17.6 Å². The van der Waals surface area contributed by atoms with Crippen molar-refractivity contribution in [3.63, 3.8) is 0 Å². The average molecular weight is 291 g/mol. The minimum atomic E-state index is -0.964. The van der Waals surface area contributed by atoms with Gasteiger partial charge < -0.3 is 9.84 Å². The van der Waals surface area contributed by atoms with Gasteiger partial charge in [0.15, 0.2) is 0 Å². The van der Waals surface area contributed by atoms with E-state index in [4.69, 9.17) is 16.3 Å². The number of rotatable bonds is 4. The molecule has 0 fully saturated rings. The summed E-state index contributed by atoms with van der Waals surface area (Å²) in [5, 5.41) is 9.79. The summed E-state index contributed by atoms with van der Waals surface area (Å²) < 4.78 is 5.37. The second-order valence-electron chi connectivity index (χ2n) is 4.43. The number of carboxylic acids is 1. The van der Waals surface area contributed by atoms with Crippen LogP contribution in [-0.2, 0) is 0 Å². The number of hydrogen-bond donors (Lipinski definition) is 1. The van der Waals surface area contributed by atoms with Gasteiger partial charge in [-0.2, -0.15) is 0 Å². The molecule has 3 nitrogen and oxygen atoms in total. The summed E-state index contributed by atoms with van der Waals surface area (Å²) in [5.74, 6) is -0.293. The van der Waals surface area contributed by atoms with Crippen LogP contribution in [0.15, 0.2) is 36.4 Å². The monoisotopic (exact) mass is 290 g/mol. The number of carbonyl (C=O) groups is 1. The zero-order chi connectivity index (χ0) is 14.7. The Morgan fingerprint density at radius 1 is 1.20 bits per heavy atom. The van der Waals surface area contributed by atoms with Crippen LogP contribution in [0.4, 0.5) is 0 Å². The van der Waals surface area contributed by atoms with Gasteiger partial charge in [0.05, 0.1) is 17.2 Å². The van der Waals surface area contributed by atoms with Crippen LogP contribution in [0.3, 0.4) is 0 Å². The fourth-order valence-electron chi connectivity index (χ4n) is 2.04. The number of halogens is 1. The zero-order valence-electron chi connectivity index (χ0n) is 11.3. The molecule has 0 amide bonds.